The molecule has 0 saturated carbocycles. The van der Waals surface area contributed by atoms with Crippen LogP contribution in [-0.2, 0) is 0 Å². The lowest BCUT2D eigenvalue weighted by atomic mass is 9.84. The molecular weight excluding hydrogens is 232 g/mol. The molecule has 19 heavy (non-hydrogen) atoms. The Labute approximate surface area is 118 Å². The van der Waals surface area contributed by atoms with Gasteiger partial charge in [-0.05, 0) is 64.8 Å². The molecule has 0 radical (unpaired) electrons. The molecule has 2 rings (SSSR count). The first kappa shape index (κ1) is 14.5. The highest BCUT2D eigenvalue weighted by Gasteiger charge is 2.35. The largest absolute Gasteiger partial charge is 0.322 e. The summed E-state index contributed by atoms with van der Waals surface area (Å²) in [5, 5.41) is 0. The zero-order valence-electron chi connectivity index (χ0n) is 12.9. The second kappa shape index (κ2) is 5.64. The first-order valence-corrected chi connectivity index (χ1v) is 7.50. The second-order valence-electron chi connectivity index (χ2n) is 6.54. The molecule has 1 unspecified atom stereocenters. The average Bonchev–Trinajstić information content (AvgIpc) is 2.39. The van der Waals surface area contributed by atoms with Crippen molar-refractivity contribution >= 4 is 0 Å². The highest BCUT2D eigenvalue weighted by Crippen LogP contribution is 2.32. The Morgan fingerprint density at radius 1 is 1.11 bits per heavy atom. The number of likely N-dealkylation sites (tertiary alicyclic amines) is 1. The SMILES string of the molecule is Cc1ccc(C(N)C(C)(C)N2CCCCC2)c(C)c1. The lowest BCUT2D eigenvalue weighted by molar-refractivity contribution is 0.0728. The Kier molecular flexibility index (Phi) is 4.32. The Hall–Kier alpha value is -0.860. The van der Waals surface area contributed by atoms with Gasteiger partial charge in [0.05, 0.1) is 0 Å². The second-order valence-corrected chi connectivity index (χ2v) is 6.54. The summed E-state index contributed by atoms with van der Waals surface area (Å²) in [5.41, 5.74) is 10.6. The molecule has 1 aromatic carbocycles. The fraction of sp³-hybridized carbons (Fsp3) is 0.647. The molecule has 1 atom stereocenters. The van der Waals surface area contributed by atoms with Crippen molar-refractivity contribution in [2.75, 3.05) is 13.1 Å². The zero-order chi connectivity index (χ0) is 14.0. The van der Waals surface area contributed by atoms with Crippen molar-refractivity contribution in [2.45, 2.75) is 58.5 Å². The highest BCUT2D eigenvalue weighted by atomic mass is 15.2. The van der Waals surface area contributed by atoms with Gasteiger partial charge in [-0.3, -0.25) is 4.90 Å². The molecule has 0 amide bonds. The normalized spacial score (nSPS) is 19.4. The molecule has 2 heteroatoms. The van der Waals surface area contributed by atoms with Gasteiger partial charge in [0.1, 0.15) is 0 Å². The molecule has 1 fully saturated rings. The predicted molar refractivity (Wildman–Crippen MR) is 82.3 cm³/mol. The number of nitrogens with two attached hydrogens (primary N) is 1. The molecule has 1 heterocycles. The topological polar surface area (TPSA) is 29.3 Å². The first-order chi connectivity index (χ1) is 8.93. The molecular formula is C17H28N2. The minimum absolute atomic E-state index is 0.0282. The van der Waals surface area contributed by atoms with Crippen molar-refractivity contribution in [1.82, 2.24) is 4.90 Å². The van der Waals surface area contributed by atoms with Gasteiger partial charge in [0.15, 0.2) is 0 Å². The van der Waals surface area contributed by atoms with Crippen LogP contribution in [0.2, 0.25) is 0 Å². The molecule has 1 aliphatic heterocycles. The fourth-order valence-corrected chi connectivity index (χ4v) is 3.22. The van der Waals surface area contributed by atoms with Crippen LogP contribution in [0.1, 0.15) is 55.8 Å². The van der Waals surface area contributed by atoms with Gasteiger partial charge < -0.3 is 5.73 Å². The summed E-state index contributed by atoms with van der Waals surface area (Å²) in [6.07, 6.45) is 3.98. The van der Waals surface area contributed by atoms with Crippen LogP contribution in [0, 0.1) is 13.8 Å². The van der Waals surface area contributed by atoms with Gasteiger partial charge in [-0.2, -0.15) is 0 Å². The van der Waals surface area contributed by atoms with Gasteiger partial charge >= 0.3 is 0 Å². The quantitative estimate of drug-likeness (QED) is 0.900. The maximum absolute atomic E-state index is 6.61. The lowest BCUT2D eigenvalue weighted by Crippen LogP contribution is -2.53. The van der Waals surface area contributed by atoms with Crippen LogP contribution >= 0.6 is 0 Å². The average molecular weight is 260 g/mol. The molecule has 1 aromatic rings. The van der Waals surface area contributed by atoms with E-state index in [1.165, 1.54) is 49.0 Å². The molecule has 0 aromatic heterocycles. The first-order valence-electron chi connectivity index (χ1n) is 7.50. The summed E-state index contributed by atoms with van der Waals surface area (Å²) in [6.45, 7) is 11.3. The monoisotopic (exact) mass is 260 g/mol. The van der Waals surface area contributed by atoms with Crippen LogP contribution in [0.4, 0.5) is 0 Å². The maximum atomic E-state index is 6.61. The molecule has 106 valence electrons. The summed E-state index contributed by atoms with van der Waals surface area (Å²) in [5.74, 6) is 0. The number of hydrogen-bond donors (Lipinski definition) is 1. The van der Waals surface area contributed by atoms with E-state index in [1.807, 2.05) is 0 Å². The van der Waals surface area contributed by atoms with Gasteiger partial charge in [-0.25, -0.2) is 0 Å². The van der Waals surface area contributed by atoms with Crippen LogP contribution in [-0.4, -0.2) is 23.5 Å². The third-order valence-electron chi connectivity index (χ3n) is 4.69. The van der Waals surface area contributed by atoms with Crippen molar-refractivity contribution in [3.63, 3.8) is 0 Å². The number of hydrogen-bond acceptors (Lipinski definition) is 2. The molecule has 0 aliphatic carbocycles. The highest BCUT2D eigenvalue weighted by molar-refractivity contribution is 5.34. The zero-order valence-corrected chi connectivity index (χ0v) is 12.9. The smallest absolute Gasteiger partial charge is 0.0479 e. The third-order valence-corrected chi connectivity index (χ3v) is 4.69. The van der Waals surface area contributed by atoms with Crippen molar-refractivity contribution in [3.05, 3.63) is 34.9 Å². The number of benzene rings is 1. The number of nitrogens with zero attached hydrogens (tertiary/aromatic N) is 1. The van der Waals surface area contributed by atoms with Crippen molar-refractivity contribution < 1.29 is 0 Å². The van der Waals surface area contributed by atoms with Crippen molar-refractivity contribution in [2.24, 2.45) is 5.73 Å². The van der Waals surface area contributed by atoms with E-state index in [2.05, 4.69) is 50.8 Å². The minimum Gasteiger partial charge on any atom is -0.322 e. The van der Waals surface area contributed by atoms with Crippen LogP contribution in [0.5, 0.6) is 0 Å². The predicted octanol–water partition coefficient (Wildman–Crippen LogP) is 3.57. The Balaban J connectivity index is 2.23. The van der Waals surface area contributed by atoms with E-state index >= 15 is 0 Å². The van der Waals surface area contributed by atoms with E-state index in [4.69, 9.17) is 5.73 Å². The van der Waals surface area contributed by atoms with E-state index in [0.29, 0.717) is 0 Å². The van der Waals surface area contributed by atoms with Crippen molar-refractivity contribution in [1.29, 1.82) is 0 Å². The Morgan fingerprint density at radius 2 is 1.74 bits per heavy atom. The van der Waals surface area contributed by atoms with Gasteiger partial charge in [-0.15, -0.1) is 0 Å². The fourth-order valence-electron chi connectivity index (χ4n) is 3.22. The molecule has 1 saturated heterocycles. The Morgan fingerprint density at radius 3 is 2.32 bits per heavy atom. The number of piperidine rings is 1. The lowest BCUT2D eigenvalue weighted by Gasteiger charge is -2.45. The van der Waals surface area contributed by atoms with Gasteiger partial charge in [0, 0.05) is 11.6 Å². The molecule has 1 aliphatic rings. The van der Waals surface area contributed by atoms with Crippen LogP contribution < -0.4 is 5.73 Å². The summed E-state index contributed by atoms with van der Waals surface area (Å²) < 4.78 is 0. The van der Waals surface area contributed by atoms with Crippen LogP contribution in [0.3, 0.4) is 0 Å². The standard InChI is InChI=1S/C17H28N2/c1-13-8-9-15(14(2)12-13)16(18)17(3,4)19-10-6-5-7-11-19/h8-9,12,16H,5-7,10-11,18H2,1-4H3. The van der Waals surface area contributed by atoms with Gasteiger partial charge in [-0.1, -0.05) is 30.2 Å². The van der Waals surface area contributed by atoms with E-state index < -0.39 is 0 Å². The number of aryl methyl sites for hydroxylation is 2. The summed E-state index contributed by atoms with van der Waals surface area (Å²) >= 11 is 0. The minimum atomic E-state index is 0.0282. The van der Waals surface area contributed by atoms with Gasteiger partial charge in [0.2, 0.25) is 0 Å². The molecule has 0 spiro atoms. The third kappa shape index (κ3) is 3.01. The van der Waals surface area contributed by atoms with E-state index in [0.717, 1.165) is 0 Å². The Bertz CT molecular complexity index is 431. The van der Waals surface area contributed by atoms with E-state index in [1.54, 1.807) is 0 Å². The molecule has 0 bridgehead atoms. The van der Waals surface area contributed by atoms with Crippen LogP contribution in [0.15, 0.2) is 18.2 Å². The summed E-state index contributed by atoms with van der Waals surface area (Å²) in [7, 11) is 0. The molecule has 2 nitrogen and oxygen atoms in total. The van der Waals surface area contributed by atoms with Crippen LogP contribution in [0.25, 0.3) is 0 Å². The van der Waals surface area contributed by atoms with Gasteiger partial charge in [0.25, 0.3) is 0 Å². The molecule has 2 N–H and O–H groups in total. The van der Waals surface area contributed by atoms with E-state index in [-0.39, 0.29) is 11.6 Å². The summed E-state index contributed by atoms with van der Waals surface area (Å²) in [6, 6.07) is 6.70. The number of rotatable bonds is 3. The maximum Gasteiger partial charge on any atom is 0.0479 e. The van der Waals surface area contributed by atoms with Crippen molar-refractivity contribution in [3.8, 4) is 0 Å². The van der Waals surface area contributed by atoms with E-state index in [9.17, 15) is 0 Å². The summed E-state index contributed by atoms with van der Waals surface area (Å²) in [4.78, 5) is 2.57.